The van der Waals surface area contributed by atoms with Crippen molar-refractivity contribution in [3.63, 3.8) is 0 Å². The maximum Gasteiger partial charge on any atom is 0.437 e. The Morgan fingerprint density at radius 1 is 1.22 bits per heavy atom. The molecule has 168 valence electrons. The first-order valence-electron chi connectivity index (χ1n) is 10.3. The highest BCUT2D eigenvalue weighted by atomic mass is 35.5. The quantitative estimate of drug-likeness (QED) is 0.383. The predicted octanol–water partition coefficient (Wildman–Crippen LogP) is 3.92. The lowest BCUT2D eigenvalue weighted by Gasteiger charge is -2.32. The number of thioether (sulfide) groups is 1. The second-order valence-corrected chi connectivity index (χ2v) is 9.46. The molecular weight excluding hydrogens is 469 g/mol. The fourth-order valence-electron chi connectivity index (χ4n) is 3.62. The molecule has 0 unspecified atom stereocenters. The first-order valence-corrected chi connectivity index (χ1v) is 12.0. The third-order valence-electron chi connectivity index (χ3n) is 5.25. The molecule has 0 atom stereocenters. The summed E-state index contributed by atoms with van der Waals surface area (Å²) in [4.78, 5) is 14.7. The van der Waals surface area contributed by atoms with Gasteiger partial charge in [0.15, 0.2) is 0 Å². The van der Waals surface area contributed by atoms with E-state index in [1.165, 1.54) is 11.8 Å². The summed E-state index contributed by atoms with van der Waals surface area (Å²) >= 11 is 13.4. The van der Waals surface area contributed by atoms with E-state index in [1.54, 1.807) is 12.1 Å². The van der Waals surface area contributed by atoms with Crippen molar-refractivity contribution in [1.29, 1.82) is 0 Å². The van der Waals surface area contributed by atoms with E-state index in [0.29, 0.717) is 26.8 Å². The smallest absolute Gasteiger partial charge is 0.399 e. The van der Waals surface area contributed by atoms with Crippen LogP contribution in [-0.2, 0) is 11.3 Å². The topological polar surface area (TPSA) is 98.5 Å². The monoisotopic (exact) mass is 492 g/mol. The van der Waals surface area contributed by atoms with Gasteiger partial charge in [-0.2, -0.15) is 0 Å². The maximum atomic E-state index is 12.4. The maximum absolute atomic E-state index is 12.4. The van der Waals surface area contributed by atoms with E-state index in [2.05, 4.69) is 20.4 Å². The minimum Gasteiger partial charge on any atom is -0.399 e. The molecule has 1 saturated heterocycles. The van der Waals surface area contributed by atoms with E-state index in [4.69, 9.17) is 33.4 Å². The van der Waals surface area contributed by atoms with E-state index in [1.807, 2.05) is 30.3 Å². The number of nitrogens with two attached hydrogens (primary N) is 1. The summed E-state index contributed by atoms with van der Waals surface area (Å²) in [6, 6.07) is 13.2. The Morgan fingerprint density at radius 2 is 2.03 bits per heavy atom. The van der Waals surface area contributed by atoms with Crippen LogP contribution in [0.25, 0.3) is 11.5 Å². The molecule has 0 radical (unpaired) electrons. The zero-order valence-electron chi connectivity index (χ0n) is 17.3. The van der Waals surface area contributed by atoms with Crippen LogP contribution in [0, 0.1) is 0 Å². The number of hydrogen-bond acceptors (Lipinski definition) is 6. The Labute approximate surface area is 200 Å². The first kappa shape index (κ1) is 22.9. The molecule has 32 heavy (non-hydrogen) atoms. The number of rotatable bonds is 7. The molecule has 2 heterocycles. The number of nitrogens with one attached hydrogen (secondary N) is 2. The van der Waals surface area contributed by atoms with E-state index in [0.717, 1.165) is 43.6 Å². The molecule has 10 heteroatoms. The van der Waals surface area contributed by atoms with E-state index in [9.17, 15) is 4.79 Å². The molecule has 0 saturated carbocycles. The molecule has 0 bridgehead atoms. The average Bonchev–Trinajstić information content (AvgIpc) is 3.26. The Hall–Kier alpha value is -2.26. The van der Waals surface area contributed by atoms with Crippen molar-refractivity contribution in [1.82, 2.24) is 15.3 Å². The lowest BCUT2D eigenvalue weighted by Crippen LogP contribution is -2.44. The molecule has 7 nitrogen and oxygen atoms in total. The van der Waals surface area contributed by atoms with Gasteiger partial charge in [0.1, 0.15) is 0 Å². The van der Waals surface area contributed by atoms with Crippen molar-refractivity contribution in [3.05, 3.63) is 58.1 Å². The van der Waals surface area contributed by atoms with Crippen molar-refractivity contribution < 1.29 is 14.3 Å². The Kier molecular flexibility index (Phi) is 7.57. The Bertz CT molecular complexity index is 1090. The molecule has 3 aromatic rings. The lowest BCUT2D eigenvalue weighted by atomic mass is 10.0. The molecule has 0 aliphatic carbocycles. The van der Waals surface area contributed by atoms with Gasteiger partial charge < -0.3 is 15.5 Å². The second kappa shape index (κ2) is 10.6. The van der Waals surface area contributed by atoms with Gasteiger partial charge in [0.05, 0.1) is 15.8 Å². The van der Waals surface area contributed by atoms with Crippen molar-refractivity contribution >= 4 is 46.6 Å². The van der Waals surface area contributed by atoms with E-state index < -0.39 is 0 Å². The van der Waals surface area contributed by atoms with Gasteiger partial charge in [-0.1, -0.05) is 40.4 Å². The molecule has 4 rings (SSSR count). The zero-order valence-corrected chi connectivity index (χ0v) is 19.6. The van der Waals surface area contributed by atoms with Crippen LogP contribution in [0.3, 0.4) is 0 Å². The Morgan fingerprint density at radius 3 is 2.78 bits per heavy atom. The molecule has 1 aromatic heterocycles. The number of nitrogen functional groups attached to an aromatic ring is 1. The van der Waals surface area contributed by atoms with Crippen LogP contribution in [0.4, 0.5) is 5.69 Å². The molecular formula is C22H24Cl2N5O2S+. The molecule has 1 fully saturated rings. The predicted molar refractivity (Wildman–Crippen MR) is 127 cm³/mol. The molecule has 1 aliphatic heterocycles. The number of amides is 1. The van der Waals surface area contributed by atoms with Gasteiger partial charge in [0, 0.05) is 42.0 Å². The fourth-order valence-corrected chi connectivity index (χ4v) is 4.53. The number of benzene rings is 2. The van der Waals surface area contributed by atoms with Crippen LogP contribution in [0.15, 0.2) is 52.1 Å². The van der Waals surface area contributed by atoms with Crippen LogP contribution >= 0.6 is 35.0 Å². The van der Waals surface area contributed by atoms with Crippen molar-refractivity contribution in [2.75, 3.05) is 24.6 Å². The molecule has 2 aromatic carbocycles. The second-order valence-electron chi connectivity index (χ2n) is 7.70. The largest absolute Gasteiger partial charge is 0.437 e. The number of hydrogen-bond donors (Lipinski definition) is 2. The van der Waals surface area contributed by atoms with Crippen LogP contribution in [0.1, 0.15) is 18.4 Å². The van der Waals surface area contributed by atoms with Gasteiger partial charge in [0.2, 0.25) is 5.91 Å². The van der Waals surface area contributed by atoms with Crippen LogP contribution in [0.5, 0.6) is 0 Å². The van der Waals surface area contributed by atoms with Crippen molar-refractivity contribution in [3.8, 4) is 11.5 Å². The first-order chi connectivity index (χ1) is 15.5. The SMILES string of the molecule is Nc1cccc(-c2n[nH+]c(SCC(=O)NC3CCN(Cc4ccc(Cl)c(Cl)c4)CC3)o2)c1. The number of likely N-dealkylation sites (tertiary alicyclic amines) is 1. The summed E-state index contributed by atoms with van der Waals surface area (Å²) in [6.45, 7) is 2.65. The number of carbonyl (C=O) groups excluding carboxylic acids is 1. The normalized spacial score (nSPS) is 15.1. The number of piperidine rings is 1. The summed E-state index contributed by atoms with van der Waals surface area (Å²) in [7, 11) is 0. The Balaban J connectivity index is 1.20. The van der Waals surface area contributed by atoms with Gasteiger partial charge in [-0.3, -0.25) is 9.69 Å². The fraction of sp³-hybridized carbons (Fsp3) is 0.318. The molecule has 1 aliphatic rings. The summed E-state index contributed by atoms with van der Waals surface area (Å²) in [5.41, 5.74) is 8.35. The van der Waals surface area contributed by atoms with E-state index >= 15 is 0 Å². The van der Waals surface area contributed by atoms with Gasteiger partial charge in [0.25, 0.3) is 5.89 Å². The number of aromatic nitrogens is 2. The van der Waals surface area contributed by atoms with Gasteiger partial charge >= 0.3 is 5.22 Å². The van der Waals surface area contributed by atoms with Gasteiger partial charge in [-0.15, -0.1) is 0 Å². The zero-order chi connectivity index (χ0) is 22.5. The summed E-state index contributed by atoms with van der Waals surface area (Å²) in [6.07, 6.45) is 1.82. The highest BCUT2D eigenvalue weighted by Gasteiger charge is 2.22. The number of anilines is 1. The summed E-state index contributed by atoms with van der Waals surface area (Å²) < 4.78 is 5.69. The van der Waals surface area contributed by atoms with Crippen LogP contribution in [-0.4, -0.2) is 40.8 Å². The third-order valence-corrected chi connectivity index (χ3v) is 6.83. The number of halogens is 2. The highest BCUT2D eigenvalue weighted by molar-refractivity contribution is 7.99. The number of carbonyl (C=O) groups is 1. The average molecular weight is 493 g/mol. The number of nitrogens with zero attached hydrogens (tertiary/aromatic N) is 2. The van der Waals surface area contributed by atoms with Gasteiger partial charge in [-0.05, 0) is 60.5 Å². The number of aromatic amines is 1. The summed E-state index contributed by atoms with van der Waals surface area (Å²) in [5, 5.41) is 11.7. The van der Waals surface area contributed by atoms with E-state index in [-0.39, 0.29) is 17.7 Å². The number of H-pyrrole nitrogens is 1. The standard InChI is InChI=1S/C22H23Cl2N5O2S/c23-18-5-4-14(10-19(18)24)12-29-8-6-17(7-9-29)26-20(30)13-32-22-28-27-21(31-22)15-2-1-3-16(25)11-15/h1-5,10-11,17H,6-9,12-13,25H2,(H,26,30)/p+1. The van der Waals surface area contributed by atoms with Gasteiger partial charge in [-0.25, -0.2) is 0 Å². The lowest BCUT2D eigenvalue weighted by molar-refractivity contribution is -0.504. The molecule has 0 spiro atoms. The minimum absolute atomic E-state index is 0.0201. The third kappa shape index (κ3) is 6.16. The van der Waals surface area contributed by atoms with Crippen LogP contribution < -0.4 is 16.1 Å². The van der Waals surface area contributed by atoms with Crippen molar-refractivity contribution in [2.24, 2.45) is 0 Å². The molecule has 1 amide bonds. The van der Waals surface area contributed by atoms with Crippen LogP contribution in [0.2, 0.25) is 10.0 Å². The van der Waals surface area contributed by atoms with Crippen molar-refractivity contribution in [2.45, 2.75) is 30.7 Å². The highest BCUT2D eigenvalue weighted by Crippen LogP contribution is 2.25. The minimum atomic E-state index is -0.0201. The summed E-state index contributed by atoms with van der Waals surface area (Å²) in [5.74, 6) is 0.675. The molecule has 4 N–H and O–H groups in total.